The van der Waals surface area contributed by atoms with Crippen molar-refractivity contribution in [2.75, 3.05) is 26.2 Å². The Balaban J connectivity index is 1.63. The maximum atomic E-state index is 15.0. The van der Waals surface area contributed by atoms with Gasteiger partial charge in [-0.3, -0.25) is 9.59 Å². The van der Waals surface area contributed by atoms with E-state index in [4.69, 9.17) is 0 Å². The molecule has 0 aromatic heterocycles. The van der Waals surface area contributed by atoms with Crippen molar-refractivity contribution >= 4 is 11.8 Å². The molecule has 2 aliphatic heterocycles. The highest BCUT2D eigenvalue weighted by atomic mass is 19.1. The Bertz CT molecular complexity index is 603. The van der Waals surface area contributed by atoms with Gasteiger partial charge in [-0.2, -0.15) is 0 Å². The van der Waals surface area contributed by atoms with Crippen LogP contribution in [-0.2, 0) is 4.79 Å². The van der Waals surface area contributed by atoms with Gasteiger partial charge in [0.2, 0.25) is 0 Å². The van der Waals surface area contributed by atoms with Crippen molar-refractivity contribution < 1.29 is 14.0 Å². The standard InChI is InChI=1S/C18H23FN2O2/c1-14-5-4-6-15(13-14)16(22)20-11-7-18(19,8-12-20)17(23)21-9-2-3-10-21/h4-6,13H,2-3,7-12H2,1H3. The summed E-state index contributed by atoms with van der Waals surface area (Å²) in [5.74, 6) is -0.456. The number of halogens is 1. The molecule has 2 aliphatic rings. The first-order valence-corrected chi connectivity index (χ1v) is 8.34. The third kappa shape index (κ3) is 3.23. The largest absolute Gasteiger partial charge is 0.340 e. The molecular weight excluding hydrogens is 295 g/mol. The van der Waals surface area contributed by atoms with Gasteiger partial charge in [0.25, 0.3) is 11.8 Å². The van der Waals surface area contributed by atoms with Crippen molar-refractivity contribution in [2.24, 2.45) is 0 Å². The lowest BCUT2D eigenvalue weighted by atomic mass is 9.91. The Morgan fingerprint density at radius 2 is 1.70 bits per heavy atom. The smallest absolute Gasteiger partial charge is 0.260 e. The van der Waals surface area contributed by atoms with Gasteiger partial charge in [-0.05, 0) is 31.9 Å². The molecule has 0 unspecified atom stereocenters. The number of rotatable bonds is 2. The molecule has 4 nitrogen and oxygen atoms in total. The van der Waals surface area contributed by atoms with E-state index in [0.29, 0.717) is 31.7 Å². The molecule has 2 saturated heterocycles. The molecule has 1 aromatic rings. The number of nitrogens with zero attached hydrogens (tertiary/aromatic N) is 2. The van der Waals surface area contributed by atoms with Crippen molar-refractivity contribution in [2.45, 2.75) is 38.3 Å². The maximum Gasteiger partial charge on any atom is 0.260 e. The Labute approximate surface area is 136 Å². The number of alkyl halides is 1. The molecule has 0 aliphatic carbocycles. The average molecular weight is 318 g/mol. The lowest BCUT2D eigenvalue weighted by Crippen LogP contribution is -2.52. The van der Waals surface area contributed by atoms with Gasteiger partial charge < -0.3 is 9.80 Å². The molecule has 0 radical (unpaired) electrons. The number of amides is 2. The quantitative estimate of drug-likeness (QED) is 0.841. The van der Waals surface area contributed by atoms with Crippen LogP contribution in [0.3, 0.4) is 0 Å². The summed E-state index contributed by atoms with van der Waals surface area (Å²) in [6.07, 6.45) is 2.11. The summed E-state index contributed by atoms with van der Waals surface area (Å²) < 4.78 is 15.0. The highest BCUT2D eigenvalue weighted by molar-refractivity contribution is 5.95. The third-order valence-corrected chi connectivity index (χ3v) is 4.88. The van der Waals surface area contributed by atoms with Gasteiger partial charge >= 0.3 is 0 Å². The van der Waals surface area contributed by atoms with Gasteiger partial charge in [-0.25, -0.2) is 4.39 Å². The normalized spacial score (nSPS) is 20.6. The number of hydrogen-bond donors (Lipinski definition) is 0. The van der Waals surface area contributed by atoms with Gasteiger partial charge in [0, 0.05) is 44.6 Å². The number of carbonyl (C=O) groups excluding carboxylic acids is 2. The van der Waals surface area contributed by atoms with E-state index in [1.165, 1.54) is 0 Å². The van der Waals surface area contributed by atoms with Gasteiger partial charge in [-0.1, -0.05) is 17.7 Å². The molecule has 0 N–H and O–H groups in total. The van der Waals surface area contributed by atoms with E-state index in [-0.39, 0.29) is 24.7 Å². The predicted molar refractivity (Wildman–Crippen MR) is 86.0 cm³/mol. The average Bonchev–Trinajstić information content (AvgIpc) is 3.08. The molecule has 2 amide bonds. The van der Waals surface area contributed by atoms with Crippen molar-refractivity contribution in [1.82, 2.24) is 9.80 Å². The van der Waals surface area contributed by atoms with Gasteiger partial charge in [0.05, 0.1) is 0 Å². The van der Waals surface area contributed by atoms with E-state index in [0.717, 1.165) is 18.4 Å². The van der Waals surface area contributed by atoms with Crippen LogP contribution in [0.1, 0.15) is 41.6 Å². The number of likely N-dealkylation sites (tertiary alicyclic amines) is 2. The van der Waals surface area contributed by atoms with Crippen molar-refractivity contribution in [3.05, 3.63) is 35.4 Å². The Hall–Kier alpha value is -1.91. The molecule has 1 aromatic carbocycles. The summed E-state index contributed by atoms with van der Waals surface area (Å²) in [4.78, 5) is 28.2. The summed E-state index contributed by atoms with van der Waals surface area (Å²) in [5, 5.41) is 0. The second-order valence-electron chi connectivity index (χ2n) is 6.63. The van der Waals surface area contributed by atoms with E-state index in [2.05, 4.69) is 0 Å². The fourth-order valence-corrected chi connectivity index (χ4v) is 3.44. The van der Waals surface area contributed by atoms with Crippen LogP contribution < -0.4 is 0 Å². The zero-order valence-electron chi connectivity index (χ0n) is 13.6. The molecule has 0 bridgehead atoms. The first-order chi connectivity index (χ1) is 11.0. The van der Waals surface area contributed by atoms with Crippen LogP contribution in [0, 0.1) is 6.92 Å². The van der Waals surface area contributed by atoms with Crippen LogP contribution in [0.2, 0.25) is 0 Å². The number of benzene rings is 1. The summed E-state index contributed by atoms with van der Waals surface area (Å²) in [5.41, 5.74) is -0.146. The minimum absolute atomic E-state index is 0.0793. The van der Waals surface area contributed by atoms with Gasteiger partial charge in [0.1, 0.15) is 0 Å². The van der Waals surface area contributed by atoms with Gasteiger partial charge in [0.15, 0.2) is 5.67 Å². The molecule has 23 heavy (non-hydrogen) atoms. The maximum absolute atomic E-state index is 15.0. The number of aryl methyl sites for hydroxylation is 1. The third-order valence-electron chi connectivity index (χ3n) is 4.88. The van der Waals surface area contributed by atoms with E-state index < -0.39 is 5.67 Å². The Kier molecular flexibility index (Phi) is 4.37. The van der Waals surface area contributed by atoms with Crippen LogP contribution in [0.4, 0.5) is 4.39 Å². The molecule has 5 heteroatoms. The van der Waals surface area contributed by atoms with E-state index in [9.17, 15) is 14.0 Å². The minimum atomic E-state index is -1.80. The van der Waals surface area contributed by atoms with E-state index in [1.807, 2.05) is 25.1 Å². The second kappa shape index (κ2) is 6.30. The second-order valence-corrected chi connectivity index (χ2v) is 6.63. The van der Waals surface area contributed by atoms with E-state index >= 15 is 0 Å². The van der Waals surface area contributed by atoms with Crippen LogP contribution in [0.25, 0.3) is 0 Å². The molecule has 3 rings (SSSR count). The van der Waals surface area contributed by atoms with Crippen LogP contribution in [0.15, 0.2) is 24.3 Å². The van der Waals surface area contributed by atoms with Crippen molar-refractivity contribution in [1.29, 1.82) is 0 Å². The zero-order valence-corrected chi connectivity index (χ0v) is 13.6. The molecule has 124 valence electrons. The number of piperidine rings is 1. The monoisotopic (exact) mass is 318 g/mol. The van der Waals surface area contributed by atoms with Gasteiger partial charge in [-0.15, -0.1) is 0 Å². The predicted octanol–water partition coefficient (Wildman–Crippen LogP) is 2.56. The zero-order chi connectivity index (χ0) is 16.4. The molecule has 0 spiro atoms. The Morgan fingerprint density at radius 3 is 2.30 bits per heavy atom. The molecule has 2 fully saturated rings. The topological polar surface area (TPSA) is 40.6 Å². The van der Waals surface area contributed by atoms with Crippen LogP contribution in [0.5, 0.6) is 0 Å². The Morgan fingerprint density at radius 1 is 1.04 bits per heavy atom. The first kappa shape index (κ1) is 16.0. The molecular formula is C18H23FN2O2. The summed E-state index contributed by atoms with van der Waals surface area (Å²) in [7, 11) is 0. The van der Waals surface area contributed by atoms with Crippen molar-refractivity contribution in [3.8, 4) is 0 Å². The molecule has 0 saturated carbocycles. The number of carbonyl (C=O) groups is 2. The fraction of sp³-hybridized carbons (Fsp3) is 0.556. The summed E-state index contributed by atoms with van der Waals surface area (Å²) >= 11 is 0. The summed E-state index contributed by atoms with van der Waals surface area (Å²) in [6, 6.07) is 7.41. The minimum Gasteiger partial charge on any atom is -0.340 e. The van der Waals surface area contributed by atoms with E-state index in [1.54, 1.807) is 15.9 Å². The van der Waals surface area contributed by atoms with Crippen LogP contribution >= 0.6 is 0 Å². The molecule has 0 atom stereocenters. The van der Waals surface area contributed by atoms with Crippen LogP contribution in [-0.4, -0.2) is 53.5 Å². The summed E-state index contributed by atoms with van der Waals surface area (Å²) in [6.45, 7) is 3.85. The lowest BCUT2D eigenvalue weighted by Gasteiger charge is -2.37. The molecule has 2 heterocycles. The van der Waals surface area contributed by atoms with Crippen molar-refractivity contribution in [3.63, 3.8) is 0 Å². The highest BCUT2D eigenvalue weighted by Crippen LogP contribution is 2.30. The highest BCUT2D eigenvalue weighted by Gasteiger charge is 2.45. The fourth-order valence-electron chi connectivity index (χ4n) is 3.44. The first-order valence-electron chi connectivity index (χ1n) is 8.34. The SMILES string of the molecule is Cc1cccc(C(=O)N2CCC(F)(C(=O)N3CCCC3)CC2)c1. The lowest BCUT2D eigenvalue weighted by molar-refractivity contribution is -0.145. The number of hydrogen-bond acceptors (Lipinski definition) is 2.